The number of benzene rings is 2. The first-order valence-electron chi connectivity index (χ1n) is 8.61. The Hall–Kier alpha value is -2.29. The molecule has 0 aliphatic heterocycles. The maximum atomic E-state index is 10.4. The first-order valence-corrected chi connectivity index (χ1v) is 8.61. The van der Waals surface area contributed by atoms with Gasteiger partial charge in [-0.3, -0.25) is 4.79 Å². The number of aryl methyl sites for hydroxylation is 2. The van der Waals surface area contributed by atoms with E-state index in [0.717, 1.165) is 42.7 Å². The molecular weight excluding hydrogens is 300 g/mol. The molecule has 130 valence electrons. The lowest BCUT2D eigenvalue weighted by Gasteiger charge is -2.08. The zero-order chi connectivity index (χ0) is 17.8. The fourth-order valence-corrected chi connectivity index (χ4v) is 2.39. The Morgan fingerprint density at radius 2 is 1.42 bits per heavy atom. The highest BCUT2D eigenvalue weighted by Crippen LogP contribution is 2.18. The number of carbonyl (C=O) groups is 1. The third-order valence-electron chi connectivity index (χ3n) is 3.66. The van der Waals surface area contributed by atoms with E-state index in [1.165, 1.54) is 5.56 Å². The molecule has 0 aliphatic rings. The second kappa shape index (κ2) is 11.3. The number of carboxylic acid groups (broad SMARTS) is 1. The summed E-state index contributed by atoms with van der Waals surface area (Å²) >= 11 is 0. The Kier molecular flexibility index (Phi) is 9.28. The van der Waals surface area contributed by atoms with Crippen LogP contribution in [-0.2, 0) is 24.1 Å². The van der Waals surface area contributed by atoms with Crippen LogP contribution < -0.4 is 4.74 Å². The van der Waals surface area contributed by atoms with Crippen molar-refractivity contribution in [2.24, 2.45) is 0 Å². The van der Waals surface area contributed by atoms with Crippen molar-refractivity contribution in [1.82, 2.24) is 0 Å². The molecule has 24 heavy (non-hydrogen) atoms. The van der Waals surface area contributed by atoms with Crippen LogP contribution in [0.5, 0.6) is 5.75 Å². The van der Waals surface area contributed by atoms with Crippen LogP contribution in [-0.4, -0.2) is 17.7 Å². The molecule has 0 atom stereocenters. The maximum absolute atomic E-state index is 10.4. The number of ether oxygens (including phenoxy) is 1. The minimum atomic E-state index is -0.768. The van der Waals surface area contributed by atoms with E-state index in [0.29, 0.717) is 0 Å². The summed E-state index contributed by atoms with van der Waals surface area (Å²) in [5.74, 6) is 0.276. The molecule has 0 saturated carbocycles. The molecule has 2 rings (SSSR count). The van der Waals surface area contributed by atoms with Crippen molar-refractivity contribution in [3.8, 4) is 5.75 Å². The van der Waals surface area contributed by atoms with Gasteiger partial charge in [0.15, 0.2) is 0 Å². The maximum Gasteiger partial charge on any atom is 0.307 e. The average Bonchev–Trinajstić information content (AvgIpc) is 2.60. The zero-order valence-corrected chi connectivity index (χ0v) is 14.9. The number of hydrogen-bond acceptors (Lipinski definition) is 2. The van der Waals surface area contributed by atoms with E-state index in [4.69, 9.17) is 9.84 Å². The van der Waals surface area contributed by atoms with Gasteiger partial charge in [-0.1, -0.05) is 63.2 Å². The van der Waals surface area contributed by atoms with E-state index in [1.54, 1.807) is 0 Å². The minimum Gasteiger partial charge on any atom is -0.493 e. The second-order valence-corrected chi connectivity index (χ2v) is 5.50. The van der Waals surface area contributed by atoms with Crippen molar-refractivity contribution in [1.29, 1.82) is 0 Å². The average molecular weight is 328 g/mol. The van der Waals surface area contributed by atoms with Crippen LogP contribution in [0, 0.1) is 0 Å². The molecular formula is C21H28O3. The van der Waals surface area contributed by atoms with Gasteiger partial charge in [0.2, 0.25) is 0 Å². The Morgan fingerprint density at radius 3 is 1.96 bits per heavy atom. The molecule has 2 aromatic rings. The van der Waals surface area contributed by atoms with Gasteiger partial charge < -0.3 is 9.84 Å². The molecule has 0 amide bonds. The van der Waals surface area contributed by atoms with Gasteiger partial charge in [0.05, 0.1) is 13.0 Å². The summed E-state index contributed by atoms with van der Waals surface area (Å²) in [6, 6.07) is 15.9. The molecule has 0 aliphatic carbocycles. The van der Waals surface area contributed by atoms with Crippen molar-refractivity contribution in [2.45, 2.75) is 46.5 Å². The molecule has 0 aromatic heterocycles. The van der Waals surface area contributed by atoms with E-state index in [9.17, 15) is 4.79 Å². The van der Waals surface area contributed by atoms with E-state index in [1.807, 2.05) is 43.3 Å². The number of hydrogen-bond donors (Lipinski definition) is 1. The highest BCUT2D eigenvalue weighted by atomic mass is 16.5. The fourth-order valence-electron chi connectivity index (χ4n) is 2.39. The highest BCUT2D eigenvalue weighted by molar-refractivity contribution is 5.70. The molecule has 0 saturated heterocycles. The summed E-state index contributed by atoms with van der Waals surface area (Å²) in [7, 11) is 0. The first kappa shape index (κ1) is 19.8. The zero-order valence-electron chi connectivity index (χ0n) is 14.9. The summed E-state index contributed by atoms with van der Waals surface area (Å²) in [5.41, 5.74) is 3.35. The smallest absolute Gasteiger partial charge is 0.307 e. The van der Waals surface area contributed by atoms with E-state index < -0.39 is 5.97 Å². The second-order valence-electron chi connectivity index (χ2n) is 5.50. The molecule has 0 heterocycles. The van der Waals surface area contributed by atoms with Gasteiger partial charge >= 0.3 is 5.97 Å². The first-order chi connectivity index (χ1) is 11.6. The topological polar surface area (TPSA) is 46.5 Å². The molecule has 3 nitrogen and oxygen atoms in total. The van der Waals surface area contributed by atoms with Crippen LogP contribution in [0.3, 0.4) is 0 Å². The van der Waals surface area contributed by atoms with Gasteiger partial charge in [-0.15, -0.1) is 0 Å². The quantitative estimate of drug-likeness (QED) is 0.785. The molecule has 2 aromatic carbocycles. The minimum absolute atomic E-state index is 0.129. The standard InChI is InChI=1S/C11H16O.C10H12O2/c1-3-9-12-11-8-6-5-7-10(11)4-2;1-2-8-5-3-4-6-9(8)7-10(11)12/h5-8H,3-4,9H2,1-2H3;3-6H,2,7H2,1H3,(H,11,12). The van der Waals surface area contributed by atoms with Crippen molar-refractivity contribution < 1.29 is 14.6 Å². The lowest BCUT2D eigenvalue weighted by atomic mass is 10.0. The summed E-state index contributed by atoms with van der Waals surface area (Å²) in [6.07, 6.45) is 3.13. The number of para-hydroxylation sites is 1. The Morgan fingerprint density at radius 1 is 0.875 bits per heavy atom. The normalized spacial score (nSPS) is 9.79. The Labute approximate surface area is 145 Å². The number of carboxylic acids is 1. The highest BCUT2D eigenvalue weighted by Gasteiger charge is 2.03. The molecule has 0 bridgehead atoms. The Bertz CT molecular complexity index is 620. The predicted octanol–water partition coefficient (Wildman–Crippen LogP) is 4.91. The van der Waals surface area contributed by atoms with Crippen molar-refractivity contribution in [3.05, 3.63) is 65.2 Å². The van der Waals surface area contributed by atoms with Gasteiger partial charge in [-0.05, 0) is 42.0 Å². The monoisotopic (exact) mass is 328 g/mol. The summed E-state index contributed by atoms with van der Waals surface area (Å²) in [6.45, 7) is 7.11. The van der Waals surface area contributed by atoms with Gasteiger partial charge in [0.1, 0.15) is 5.75 Å². The molecule has 0 spiro atoms. The summed E-state index contributed by atoms with van der Waals surface area (Å²) in [4.78, 5) is 10.4. The summed E-state index contributed by atoms with van der Waals surface area (Å²) < 4.78 is 5.58. The summed E-state index contributed by atoms with van der Waals surface area (Å²) in [5, 5.41) is 8.59. The van der Waals surface area contributed by atoms with Crippen LogP contribution >= 0.6 is 0 Å². The molecule has 0 radical (unpaired) electrons. The lowest BCUT2D eigenvalue weighted by molar-refractivity contribution is -0.136. The SMILES string of the molecule is CCCOc1ccccc1CC.CCc1ccccc1CC(=O)O. The Balaban J connectivity index is 0.000000240. The van der Waals surface area contributed by atoms with Crippen LogP contribution in [0.15, 0.2) is 48.5 Å². The number of rotatable bonds is 7. The van der Waals surface area contributed by atoms with Crippen LogP contribution in [0.4, 0.5) is 0 Å². The molecule has 0 unspecified atom stereocenters. The lowest BCUT2D eigenvalue weighted by Crippen LogP contribution is -2.02. The van der Waals surface area contributed by atoms with Gasteiger partial charge in [-0.25, -0.2) is 0 Å². The van der Waals surface area contributed by atoms with Crippen LogP contribution in [0.1, 0.15) is 43.9 Å². The van der Waals surface area contributed by atoms with Gasteiger partial charge in [0, 0.05) is 0 Å². The van der Waals surface area contributed by atoms with Crippen molar-refractivity contribution in [2.75, 3.05) is 6.61 Å². The fraction of sp³-hybridized carbons (Fsp3) is 0.381. The van der Waals surface area contributed by atoms with Gasteiger partial charge in [-0.2, -0.15) is 0 Å². The van der Waals surface area contributed by atoms with E-state index in [2.05, 4.69) is 26.0 Å². The van der Waals surface area contributed by atoms with Crippen LogP contribution in [0.2, 0.25) is 0 Å². The molecule has 3 heteroatoms. The van der Waals surface area contributed by atoms with E-state index >= 15 is 0 Å². The van der Waals surface area contributed by atoms with E-state index in [-0.39, 0.29) is 6.42 Å². The van der Waals surface area contributed by atoms with Crippen molar-refractivity contribution >= 4 is 5.97 Å². The molecule has 0 fully saturated rings. The number of aliphatic carboxylic acids is 1. The predicted molar refractivity (Wildman–Crippen MR) is 98.8 cm³/mol. The third kappa shape index (κ3) is 6.86. The van der Waals surface area contributed by atoms with Crippen molar-refractivity contribution in [3.63, 3.8) is 0 Å². The molecule has 1 N–H and O–H groups in total. The third-order valence-corrected chi connectivity index (χ3v) is 3.66. The van der Waals surface area contributed by atoms with Gasteiger partial charge in [0.25, 0.3) is 0 Å². The van der Waals surface area contributed by atoms with Crippen LogP contribution in [0.25, 0.3) is 0 Å². The largest absolute Gasteiger partial charge is 0.493 e.